The quantitative estimate of drug-likeness (QED) is 0.480. The number of carbonyl (C=O) groups excluding carboxylic acids is 2. The molecule has 2 atom stereocenters. The fourth-order valence-electron chi connectivity index (χ4n) is 3.46. The number of halogens is 1. The topological polar surface area (TPSA) is 86.8 Å². The molecule has 0 radical (unpaired) electrons. The monoisotopic (exact) mass is 551 g/mol. The highest BCUT2D eigenvalue weighted by Gasteiger charge is 2.31. The van der Waals surface area contributed by atoms with E-state index in [0.717, 1.165) is 38.1 Å². The normalized spacial score (nSPS) is 13.1. The highest BCUT2D eigenvalue weighted by molar-refractivity contribution is 9.10. The molecule has 2 rings (SSSR count). The maximum absolute atomic E-state index is 13.6. The number of nitrogens with one attached hydrogen (secondary N) is 1. The van der Waals surface area contributed by atoms with Crippen LogP contribution in [0.4, 0.5) is 5.69 Å². The summed E-state index contributed by atoms with van der Waals surface area (Å²) >= 11 is 3.44. The molecule has 186 valence electrons. The molecule has 0 aromatic heterocycles. The summed E-state index contributed by atoms with van der Waals surface area (Å²) in [4.78, 5) is 27.9. The van der Waals surface area contributed by atoms with Crippen molar-refractivity contribution in [3.05, 3.63) is 63.6 Å². The number of hydrogen-bond acceptors (Lipinski definition) is 4. The summed E-state index contributed by atoms with van der Waals surface area (Å²) in [7, 11) is -3.76. The van der Waals surface area contributed by atoms with Crippen LogP contribution in [-0.4, -0.2) is 50.0 Å². The molecule has 0 fully saturated rings. The summed E-state index contributed by atoms with van der Waals surface area (Å²) in [5, 5.41) is 2.92. The van der Waals surface area contributed by atoms with Crippen molar-refractivity contribution in [2.45, 2.75) is 59.7 Å². The average Bonchev–Trinajstić information content (AvgIpc) is 2.76. The number of sulfonamides is 1. The summed E-state index contributed by atoms with van der Waals surface area (Å²) in [5.74, 6) is -0.742. The number of rotatable bonds is 10. The lowest BCUT2D eigenvalue weighted by molar-refractivity contribution is -0.139. The van der Waals surface area contributed by atoms with Crippen LogP contribution in [0.3, 0.4) is 0 Å². The van der Waals surface area contributed by atoms with Crippen LogP contribution in [0.25, 0.3) is 0 Å². The van der Waals surface area contributed by atoms with Crippen LogP contribution in [0, 0.1) is 13.8 Å². The standard InChI is InChI=1S/C25H34BrN3O4S/c1-7-19(4)27-25(31)20(5)28(15-21-9-8-10-22(26)14-21)24(30)16-29(34(6,32)33)23-13-17(2)11-12-18(23)3/h8-14,19-20H,7,15-16H2,1-6H3,(H,27,31)/t19-,20+/m1/s1. The Morgan fingerprint density at radius 3 is 2.35 bits per heavy atom. The van der Waals surface area contributed by atoms with E-state index in [4.69, 9.17) is 0 Å². The minimum absolute atomic E-state index is 0.0415. The SMILES string of the molecule is CC[C@@H](C)NC(=O)[C@H](C)N(Cc1cccc(Br)c1)C(=O)CN(c1cc(C)ccc1C)S(C)(=O)=O. The number of amides is 2. The van der Waals surface area contributed by atoms with Crippen molar-refractivity contribution in [3.8, 4) is 0 Å². The molecule has 0 heterocycles. The lowest BCUT2D eigenvalue weighted by Crippen LogP contribution is -2.52. The fraction of sp³-hybridized carbons (Fsp3) is 0.440. The van der Waals surface area contributed by atoms with Gasteiger partial charge in [0.15, 0.2) is 0 Å². The molecule has 0 aliphatic carbocycles. The van der Waals surface area contributed by atoms with Gasteiger partial charge in [-0.05, 0) is 69.0 Å². The summed E-state index contributed by atoms with van der Waals surface area (Å²) in [6.45, 7) is 8.96. The smallest absolute Gasteiger partial charge is 0.244 e. The van der Waals surface area contributed by atoms with E-state index in [1.54, 1.807) is 19.9 Å². The third kappa shape index (κ3) is 7.56. The Hall–Kier alpha value is -2.39. The first-order chi connectivity index (χ1) is 15.8. The summed E-state index contributed by atoms with van der Waals surface area (Å²) in [6, 6.07) is 12.1. The van der Waals surface area contributed by atoms with Crippen molar-refractivity contribution in [3.63, 3.8) is 0 Å². The number of benzene rings is 2. The number of carbonyl (C=O) groups is 2. The van der Waals surface area contributed by atoms with E-state index < -0.39 is 28.5 Å². The maximum atomic E-state index is 13.6. The van der Waals surface area contributed by atoms with Crippen LogP contribution >= 0.6 is 15.9 Å². The molecule has 0 saturated heterocycles. The predicted octanol–water partition coefficient (Wildman–Crippen LogP) is 4.16. The Kier molecular flexibility index (Phi) is 9.70. The predicted molar refractivity (Wildman–Crippen MR) is 140 cm³/mol. The average molecular weight is 553 g/mol. The third-order valence-corrected chi connectivity index (χ3v) is 7.34. The Morgan fingerprint density at radius 1 is 1.09 bits per heavy atom. The van der Waals surface area contributed by atoms with Gasteiger partial charge in [-0.3, -0.25) is 13.9 Å². The van der Waals surface area contributed by atoms with Crippen molar-refractivity contribution < 1.29 is 18.0 Å². The van der Waals surface area contributed by atoms with E-state index in [9.17, 15) is 18.0 Å². The van der Waals surface area contributed by atoms with Gasteiger partial charge in [-0.2, -0.15) is 0 Å². The Balaban J connectivity index is 2.43. The number of hydrogen-bond donors (Lipinski definition) is 1. The lowest BCUT2D eigenvalue weighted by atomic mass is 10.1. The van der Waals surface area contributed by atoms with E-state index in [-0.39, 0.29) is 18.5 Å². The Morgan fingerprint density at radius 2 is 1.76 bits per heavy atom. The Bertz CT molecular complexity index is 1140. The van der Waals surface area contributed by atoms with Gasteiger partial charge in [0.2, 0.25) is 21.8 Å². The highest BCUT2D eigenvalue weighted by atomic mass is 79.9. The Labute approximate surface area is 211 Å². The second-order valence-electron chi connectivity index (χ2n) is 8.70. The molecule has 9 heteroatoms. The van der Waals surface area contributed by atoms with Gasteiger partial charge in [-0.1, -0.05) is 47.1 Å². The molecule has 0 spiro atoms. The van der Waals surface area contributed by atoms with Crippen LogP contribution in [0.15, 0.2) is 46.9 Å². The van der Waals surface area contributed by atoms with Gasteiger partial charge >= 0.3 is 0 Å². The summed E-state index contributed by atoms with van der Waals surface area (Å²) in [5.41, 5.74) is 2.90. The first-order valence-electron chi connectivity index (χ1n) is 11.2. The third-order valence-electron chi connectivity index (χ3n) is 5.72. The minimum atomic E-state index is -3.76. The molecule has 34 heavy (non-hydrogen) atoms. The molecule has 0 bridgehead atoms. The second-order valence-corrected chi connectivity index (χ2v) is 11.5. The number of nitrogens with zero attached hydrogens (tertiary/aromatic N) is 2. The van der Waals surface area contributed by atoms with Crippen LogP contribution in [0.5, 0.6) is 0 Å². The van der Waals surface area contributed by atoms with Gasteiger partial charge in [0.05, 0.1) is 11.9 Å². The van der Waals surface area contributed by atoms with Crippen molar-refractivity contribution in [1.82, 2.24) is 10.2 Å². The van der Waals surface area contributed by atoms with Crippen LogP contribution in [0.2, 0.25) is 0 Å². The molecule has 2 aromatic carbocycles. The van der Waals surface area contributed by atoms with Crippen molar-refractivity contribution in [2.24, 2.45) is 0 Å². The zero-order valence-electron chi connectivity index (χ0n) is 20.6. The van der Waals surface area contributed by atoms with Crippen molar-refractivity contribution in [2.75, 3.05) is 17.1 Å². The highest BCUT2D eigenvalue weighted by Crippen LogP contribution is 2.25. The van der Waals surface area contributed by atoms with Gasteiger partial charge in [-0.25, -0.2) is 8.42 Å². The zero-order chi connectivity index (χ0) is 25.6. The van der Waals surface area contributed by atoms with Gasteiger partial charge in [0.25, 0.3) is 0 Å². The molecule has 0 aliphatic heterocycles. The molecule has 0 saturated carbocycles. The molecule has 0 aliphatic rings. The first kappa shape index (κ1) is 27.9. The van der Waals surface area contributed by atoms with Crippen LogP contribution in [0.1, 0.15) is 43.9 Å². The zero-order valence-corrected chi connectivity index (χ0v) is 23.0. The van der Waals surface area contributed by atoms with Crippen molar-refractivity contribution in [1.29, 1.82) is 0 Å². The summed E-state index contributed by atoms with van der Waals surface area (Å²) < 4.78 is 27.4. The molecular formula is C25H34BrN3O4S. The maximum Gasteiger partial charge on any atom is 0.244 e. The van der Waals surface area contributed by atoms with E-state index in [1.165, 1.54) is 4.90 Å². The van der Waals surface area contributed by atoms with E-state index in [0.29, 0.717) is 5.69 Å². The molecule has 1 N–H and O–H groups in total. The van der Waals surface area contributed by atoms with Crippen molar-refractivity contribution >= 4 is 43.5 Å². The minimum Gasteiger partial charge on any atom is -0.352 e. The van der Waals surface area contributed by atoms with Crippen LogP contribution in [-0.2, 0) is 26.2 Å². The van der Waals surface area contributed by atoms with E-state index in [1.807, 2.05) is 57.2 Å². The second kappa shape index (κ2) is 11.8. The van der Waals surface area contributed by atoms with Gasteiger partial charge in [-0.15, -0.1) is 0 Å². The first-order valence-corrected chi connectivity index (χ1v) is 13.9. The molecule has 7 nitrogen and oxygen atoms in total. The number of aryl methyl sites for hydroxylation is 2. The molecule has 2 aromatic rings. The molecule has 0 unspecified atom stereocenters. The fourth-order valence-corrected chi connectivity index (χ4v) is 4.81. The van der Waals surface area contributed by atoms with E-state index in [2.05, 4.69) is 21.2 Å². The largest absolute Gasteiger partial charge is 0.352 e. The molecule has 2 amide bonds. The van der Waals surface area contributed by atoms with E-state index >= 15 is 0 Å². The van der Waals surface area contributed by atoms with Gasteiger partial charge < -0.3 is 10.2 Å². The van der Waals surface area contributed by atoms with Gasteiger partial charge in [0.1, 0.15) is 12.6 Å². The van der Waals surface area contributed by atoms with Crippen LogP contribution < -0.4 is 9.62 Å². The molecular weight excluding hydrogens is 518 g/mol. The summed E-state index contributed by atoms with van der Waals surface area (Å²) in [6.07, 6.45) is 1.84. The number of anilines is 1. The lowest BCUT2D eigenvalue weighted by Gasteiger charge is -2.32. The van der Waals surface area contributed by atoms with Gasteiger partial charge in [0, 0.05) is 17.1 Å².